The van der Waals surface area contributed by atoms with Gasteiger partial charge in [0.05, 0.1) is 0 Å². The monoisotopic (exact) mass is 234 g/mol. The number of rotatable bonds is 3. The zero-order valence-electron chi connectivity index (χ0n) is 7.14. The molecule has 15 heavy (non-hydrogen) atoms. The lowest BCUT2D eigenvalue weighted by Crippen LogP contribution is -2.10. The summed E-state index contributed by atoms with van der Waals surface area (Å²) in [5, 5.41) is 0. The fourth-order valence-electron chi connectivity index (χ4n) is 0.556. The summed E-state index contributed by atoms with van der Waals surface area (Å²) in [7, 11) is 0. The van der Waals surface area contributed by atoms with E-state index in [1.807, 2.05) is 0 Å². The van der Waals surface area contributed by atoms with Crippen LogP contribution in [0.1, 0.15) is 6.42 Å². The minimum absolute atomic E-state index is 0.785. The number of hydrogen-bond donors (Lipinski definition) is 0. The van der Waals surface area contributed by atoms with Crippen LogP contribution >= 0.6 is 0 Å². The summed E-state index contributed by atoms with van der Waals surface area (Å²) in [6, 6.07) is 0. The van der Waals surface area contributed by atoms with E-state index in [1.54, 1.807) is 0 Å². The zero-order chi connectivity index (χ0) is 12.2. The van der Waals surface area contributed by atoms with E-state index in [1.165, 1.54) is 0 Å². The average molecular weight is 234 g/mol. The van der Waals surface area contributed by atoms with Crippen LogP contribution in [0.3, 0.4) is 0 Å². The first kappa shape index (κ1) is 13.7. The molecule has 0 heterocycles. The van der Waals surface area contributed by atoms with Gasteiger partial charge in [0.15, 0.2) is 5.83 Å². The number of alkyl halides is 3. The zero-order valence-corrected chi connectivity index (χ0v) is 7.14. The van der Waals surface area contributed by atoms with E-state index < -0.39 is 35.9 Å². The minimum Gasteiger partial charge on any atom is -0.208 e. The highest BCUT2D eigenvalue weighted by molar-refractivity contribution is 5.27. The van der Waals surface area contributed by atoms with Crippen LogP contribution in [-0.2, 0) is 0 Å². The maximum atomic E-state index is 12.4. The standard InChI is InChI=1S/C8H5F7/c1-2-3-4(9)5(10)6(11)7(12)8(13,14)15/h2H,1,3H2/b5-4+,7-6+. The van der Waals surface area contributed by atoms with E-state index in [9.17, 15) is 30.7 Å². The molecular weight excluding hydrogens is 229 g/mol. The predicted molar refractivity (Wildman–Crippen MR) is 39.4 cm³/mol. The van der Waals surface area contributed by atoms with Crippen molar-refractivity contribution in [2.24, 2.45) is 0 Å². The van der Waals surface area contributed by atoms with Gasteiger partial charge < -0.3 is 0 Å². The van der Waals surface area contributed by atoms with Crippen molar-refractivity contribution in [2.45, 2.75) is 12.6 Å². The first-order chi connectivity index (χ1) is 6.71. The maximum Gasteiger partial charge on any atom is 0.446 e. The molecule has 0 N–H and O–H groups in total. The van der Waals surface area contributed by atoms with Gasteiger partial charge in [0.1, 0.15) is 5.83 Å². The Labute approximate surface area is 80.4 Å². The van der Waals surface area contributed by atoms with Gasteiger partial charge in [-0.05, 0) is 0 Å². The smallest absolute Gasteiger partial charge is 0.208 e. The molecule has 0 amide bonds. The molecule has 0 fully saturated rings. The van der Waals surface area contributed by atoms with E-state index in [4.69, 9.17) is 0 Å². The Balaban J connectivity index is 5.24. The normalized spacial score (nSPS) is 15.7. The van der Waals surface area contributed by atoms with E-state index in [-0.39, 0.29) is 0 Å². The molecule has 0 bridgehead atoms. The second-order valence-electron chi connectivity index (χ2n) is 2.34. The molecule has 0 radical (unpaired) electrons. The molecule has 0 aromatic heterocycles. The predicted octanol–water partition coefficient (Wildman–Crippen LogP) is 4.43. The summed E-state index contributed by atoms with van der Waals surface area (Å²) in [5.41, 5.74) is 0. The lowest BCUT2D eigenvalue weighted by atomic mass is 10.3. The molecule has 0 aliphatic carbocycles. The van der Waals surface area contributed by atoms with Gasteiger partial charge in [0, 0.05) is 6.42 Å². The van der Waals surface area contributed by atoms with Gasteiger partial charge in [-0.25, -0.2) is 13.2 Å². The quantitative estimate of drug-likeness (QED) is 0.385. The molecule has 0 spiro atoms. The van der Waals surface area contributed by atoms with E-state index in [2.05, 4.69) is 6.58 Å². The first-order valence-electron chi connectivity index (χ1n) is 3.49. The highest BCUT2D eigenvalue weighted by Crippen LogP contribution is 2.34. The lowest BCUT2D eigenvalue weighted by molar-refractivity contribution is -0.111. The Kier molecular flexibility index (Phi) is 4.57. The third kappa shape index (κ3) is 3.77. The van der Waals surface area contributed by atoms with Gasteiger partial charge in [-0.1, -0.05) is 6.08 Å². The van der Waals surface area contributed by atoms with Crippen LogP contribution in [0.15, 0.2) is 36.0 Å². The molecular formula is C8H5F7. The van der Waals surface area contributed by atoms with Gasteiger partial charge in [0.25, 0.3) is 0 Å². The third-order valence-corrected chi connectivity index (χ3v) is 1.20. The molecule has 0 aliphatic heterocycles. The largest absolute Gasteiger partial charge is 0.446 e. The summed E-state index contributed by atoms with van der Waals surface area (Å²) in [6.07, 6.45) is -5.73. The van der Waals surface area contributed by atoms with Gasteiger partial charge in [0.2, 0.25) is 11.7 Å². The molecule has 0 unspecified atom stereocenters. The van der Waals surface area contributed by atoms with Gasteiger partial charge >= 0.3 is 6.18 Å². The van der Waals surface area contributed by atoms with Gasteiger partial charge in [-0.3, -0.25) is 0 Å². The van der Waals surface area contributed by atoms with Crippen molar-refractivity contribution in [3.63, 3.8) is 0 Å². The molecule has 0 aromatic rings. The van der Waals surface area contributed by atoms with Crippen LogP contribution in [0.4, 0.5) is 30.7 Å². The van der Waals surface area contributed by atoms with Crippen LogP contribution in [0, 0.1) is 0 Å². The summed E-state index contributed by atoms with van der Waals surface area (Å²) in [4.78, 5) is 0. The minimum atomic E-state index is -5.68. The average Bonchev–Trinajstić information content (AvgIpc) is 2.13. The number of halogens is 7. The lowest BCUT2D eigenvalue weighted by Gasteiger charge is -2.04. The topological polar surface area (TPSA) is 0 Å². The second-order valence-corrected chi connectivity index (χ2v) is 2.34. The molecule has 0 aromatic carbocycles. The Bertz CT molecular complexity index is 307. The molecule has 86 valence electrons. The number of hydrogen-bond acceptors (Lipinski definition) is 0. The Morgan fingerprint density at radius 2 is 1.47 bits per heavy atom. The highest BCUT2D eigenvalue weighted by atomic mass is 19.4. The molecule has 7 heteroatoms. The van der Waals surface area contributed by atoms with E-state index in [0.29, 0.717) is 0 Å². The molecule has 0 atom stereocenters. The fraction of sp³-hybridized carbons (Fsp3) is 0.250. The Morgan fingerprint density at radius 1 is 1.00 bits per heavy atom. The Morgan fingerprint density at radius 3 is 1.80 bits per heavy atom. The van der Waals surface area contributed by atoms with Crippen LogP contribution in [0.5, 0.6) is 0 Å². The van der Waals surface area contributed by atoms with Crippen molar-refractivity contribution in [1.82, 2.24) is 0 Å². The van der Waals surface area contributed by atoms with E-state index >= 15 is 0 Å². The molecule has 0 nitrogen and oxygen atoms in total. The van der Waals surface area contributed by atoms with Crippen LogP contribution in [-0.4, -0.2) is 6.18 Å². The summed E-state index contributed by atoms with van der Waals surface area (Å²) < 4.78 is 83.8. The van der Waals surface area contributed by atoms with Crippen molar-refractivity contribution in [1.29, 1.82) is 0 Å². The Hall–Kier alpha value is -1.27. The third-order valence-electron chi connectivity index (χ3n) is 1.20. The SMILES string of the molecule is C=CC/C(F)=C(F)/C(F)=C(\F)C(F)(F)F. The van der Waals surface area contributed by atoms with Crippen molar-refractivity contribution in [2.75, 3.05) is 0 Å². The molecule has 0 saturated heterocycles. The maximum absolute atomic E-state index is 12.4. The van der Waals surface area contributed by atoms with Gasteiger partial charge in [-0.15, -0.1) is 6.58 Å². The molecule has 0 saturated carbocycles. The summed E-state index contributed by atoms with van der Waals surface area (Å²) >= 11 is 0. The van der Waals surface area contributed by atoms with Crippen LogP contribution < -0.4 is 0 Å². The van der Waals surface area contributed by atoms with Gasteiger partial charge in [-0.2, -0.15) is 17.6 Å². The molecule has 0 rings (SSSR count). The first-order valence-corrected chi connectivity index (χ1v) is 3.49. The number of allylic oxidation sites excluding steroid dienone is 5. The van der Waals surface area contributed by atoms with Crippen molar-refractivity contribution >= 4 is 0 Å². The van der Waals surface area contributed by atoms with Crippen molar-refractivity contribution in [3.8, 4) is 0 Å². The van der Waals surface area contributed by atoms with E-state index in [0.717, 1.165) is 6.08 Å². The molecule has 0 aliphatic rings. The summed E-state index contributed by atoms with van der Waals surface area (Å²) in [6.45, 7) is 2.94. The van der Waals surface area contributed by atoms with Crippen LogP contribution in [0.25, 0.3) is 0 Å². The van der Waals surface area contributed by atoms with Crippen molar-refractivity contribution < 1.29 is 30.7 Å². The van der Waals surface area contributed by atoms with Crippen LogP contribution in [0.2, 0.25) is 0 Å². The second kappa shape index (κ2) is 4.99. The van der Waals surface area contributed by atoms with Crippen molar-refractivity contribution in [3.05, 3.63) is 36.0 Å². The highest BCUT2D eigenvalue weighted by Gasteiger charge is 2.39. The summed E-state index contributed by atoms with van der Waals surface area (Å²) in [5.74, 6) is -10.6. The fourth-order valence-corrected chi connectivity index (χ4v) is 0.556.